The highest BCUT2D eigenvalue weighted by molar-refractivity contribution is 7.99. The summed E-state index contributed by atoms with van der Waals surface area (Å²) >= 11 is 2.01. The number of thioether (sulfide) groups is 1. The number of ether oxygens (including phenoxy) is 1. The van der Waals surface area contributed by atoms with Crippen molar-refractivity contribution < 1.29 is 4.74 Å². The third-order valence-electron chi connectivity index (χ3n) is 2.97. The quantitative estimate of drug-likeness (QED) is 0.855. The molecule has 0 spiro atoms. The van der Waals surface area contributed by atoms with Gasteiger partial charge in [-0.25, -0.2) is 0 Å². The fraction of sp³-hybridized carbons (Fsp3) is 0.500. The smallest absolute Gasteiger partial charge is 0.118 e. The van der Waals surface area contributed by atoms with Crippen LogP contribution >= 0.6 is 11.8 Å². The van der Waals surface area contributed by atoms with Gasteiger partial charge in [-0.15, -0.1) is 0 Å². The molecule has 1 aliphatic rings. The fourth-order valence-corrected chi connectivity index (χ4v) is 3.25. The Hall–Kier alpha value is -0.670. The minimum Gasteiger partial charge on any atom is -0.497 e. The molecule has 2 unspecified atom stereocenters. The van der Waals surface area contributed by atoms with Crippen molar-refractivity contribution in [2.75, 3.05) is 18.6 Å². The van der Waals surface area contributed by atoms with E-state index in [0.29, 0.717) is 5.92 Å². The molecule has 2 N–H and O–H groups in total. The minimum atomic E-state index is 0.186. The first-order valence-corrected chi connectivity index (χ1v) is 6.44. The van der Waals surface area contributed by atoms with Gasteiger partial charge in [0.2, 0.25) is 0 Å². The Balaban J connectivity index is 2.07. The molecular formula is C12H17NOS. The first-order valence-electron chi connectivity index (χ1n) is 5.28. The van der Waals surface area contributed by atoms with Crippen LogP contribution in [0.5, 0.6) is 5.75 Å². The van der Waals surface area contributed by atoms with E-state index in [1.807, 2.05) is 23.9 Å². The molecule has 0 aromatic heterocycles. The molecular weight excluding hydrogens is 206 g/mol. The second kappa shape index (κ2) is 4.90. The van der Waals surface area contributed by atoms with E-state index in [1.165, 1.54) is 23.5 Å². The maximum atomic E-state index is 6.24. The van der Waals surface area contributed by atoms with Crippen molar-refractivity contribution in [3.8, 4) is 5.75 Å². The maximum Gasteiger partial charge on any atom is 0.118 e. The average Bonchev–Trinajstić information content (AvgIpc) is 2.82. The van der Waals surface area contributed by atoms with Crippen LogP contribution in [-0.2, 0) is 0 Å². The molecule has 0 amide bonds. The van der Waals surface area contributed by atoms with Crippen LogP contribution < -0.4 is 10.5 Å². The number of benzene rings is 1. The van der Waals surface area contributed by atoms with Crippen molar-refractivity contribution in [1.82, 2.24) is 0 Å². The summed E-state index contributed by atoms with van der Waals surface area (Å²) in [4.78, 5) is 0. The van der Waals surface area contributed by atoms with Gasteiger partial charge in [-0.05, 0) is 41.5 Å². The highest BCUT2D eigenvalue weighted by Crippen LogP contribution is 2.32. The molecule has 1 fully saturated rings. The Morgan fingerprint density at radius 3 is 2.67 bits per heavy atom. The van der Waals surface area contributed by atoms with Crippen LogP contribution in [0.1, 0.15) is 18.0 Å². The summed E-state index contributed by atoms with van der Waals surface area (Å²) in [5, 5.41) is 0. The van der Waals surface area contributed by atoms with E-state index in [-0.39, 0.29) is 6.04 Å². The largest absolute Gasteiger partial charge is 0.497 e. The van der Waals surface area contributed by atoms with Gasteiger partial charge in [0.05, 0.1) is 7.11 Å². The lowest BCUT2D eigenvalue weighted by Gasteiger charge is -2.18. The van der Waals surface area contributed by atoms with E-state index in [4.69, 9.17) is 10.5 Å². The van der Waals surface area contributed by atoms with E-state index < -0.39 is 0 Å². The van der Waals surface area contributed by atoms with Gasteiger partial charge in [-0.3, -0.25) is 0 Å². The predicted octanol–water partition coefficient (Wildman–Crippen LogP) is 2.45. The zero-order valence-corrected chi connectivity index (χ0v) is 9.80. The standard InChI is InChI=1S/C12H17NOS/c1-14-11-4-2-9(3-5-11)12(13)10-6-7-15-8-10/h2-5,10,12H,6-8,13H2,1H3. The summed E-state index contributed by atoms with van der Waals surface area (Å²) in [6.45, 7) is 0. The highest BCUT2D eigenvalue weighted by Gasteiger charge is 2.23. The zero-order valence-electron chi connectivity index (χ0n) is 8.98. The number of methoxy groups -OCH3 is 1. The van der Waals surface area contributed by atoms with E-state index in [9.17, 15) is 0 Å². The van der Waals surface area contributed by atoms with E-state index >= 15 is 0 Å². The topological polar surface area (TPSA) is 35.2 Å². The van der Waals surface area contributed by atoms with Crippen LogP contribution in [0.2, 0.25) is 0 Å². The molecule has 3 heteroatoms. The highest BCUT2D eigenvalue weighted by atomic mass is 32.2. The molecule has 1 aromatic rings. The second-order valence-electron chi connectivity index (χ2n) is 3.92. The molecule has 2 atom stereocenters. The van der Waals surface area contributed by atoms with Crippen molar-refractivity contribution in [3.05, 3.63) is 29.8 Å². The molecule has 82 valence electrons. The summed E-state index contributed by atoms with van der Waals surface area (Å²) in [6, 6.07) is 8.30. The average molecular weight is 223 g/mol. The summed E-state index contributed by atoms with van der Waals surface area (Å²) < 4.78 is 5.13. The zero-order chi connectivity index (χ0) is 10.7. The lowest BCUT2D eigenvalue weighted by Crippen LogP contribution is -2.20. The van der Waals surface area contributed by atoms with Gasteiger partial charge in [0.15, 0.2) is 0 Å². The molecule has 2 rings (SSSR count). The molecule has 0 bridgehead atoms. The summed E-state index contributed by atoms with van der Waals surface area (Å²) in [5.74, 6) is 4.00. The van der Waals surface area contributed by atoms with Crippen LogP contribution in [0.15, 0.2) is 24.3 Å². The SMILES string of the molecule is COc1ccc(C(N)C2CCSC2)cc1. The number of nitrogens with two attached hydrogens (primary N) is 1. The van der Waals surface area contributed by atoms with Gasteiger partial charge in [-0.1, -0.05) is 12.1 Å². The van der Waals surface area contributed by atoms with Crippen LogP contribution in [0.4, 0.5) is 0 Å². The van der Waals surface area contributed by atoms with Gasteiger partial charge < -0.3 is 10.5 Å². The van der Waals surface area contributed by atoms with Crippen LogP contribution in [-0.4, -0.2) is 18.6 Å². The van der Waals surface area contributed by atoms with Gasteiger partial charge in [0.1, 0.15) is 5.75 Å². The number of hydrogen-bond donors (Lipinski definition) is 1. The maximum absolute atomic E-state index is 6.24. The summed E-state index contributed by atoms with van der Waals surface area (Å²) in [5.41, 5.74) is 7.46. The van der Waals surface area contributed by atoms with E-state index in [2.05, 4.69) is 12.1 Å². The third kappa shape index (κ3) is 2.47. The van der Waals surface area contributed by atoms with Gasteiger partial charge >= 0.3 is 0 Å². The van der Waals surface area contributed by atoms with Crippen molar-refractivity contribution in [2.24, 2.45) is 11.7 Å². The number of hydrogen-bond acceptors (Lipinski definition) is 3. The normalized spacial score (nSPS) is 22.7. The monoisotopic (exact) mass is 223 g/mol. The molecule has 0 aliphatic carbocycles. The molecule has 0 radical (unpaired) electrons. The summed E-state index contributed by atoms with van der Waals surface area (Å²) in [7, 11) is 1.68. The van der Waals surface area contributed by atoms with Crippen LogP contribution in [0.3, 0.4) is 0 Å². The Kier molecular flexibility index (Phi) is 3.54. The minimum absolute atomic E-state index is 0.186. The molecule has 1 aliphatic heterocycles. The van der Waals surface area contributed by atoms with Crippen molar-refractivity contribution >= 4 is 11.8 Å². The second-order valence-corrected chi connectivity index (χ2v) is 5.07. The molecule has 1 saturated heterocycles. The predicted molar refractivity (Wildman–Crippen MR) is 65.4 cm³/mol. The Bertz CT molecular complexity index is 306. The Morgan fingerprint density at radius 2 is 2.13 bits per heavy atom. The molecule has 15 heavy (non-hydrogen) atoms. The van der Waals surface area contributed by atoms with Crippen LogP contribution in [0, 0.1) is 5.92 Å². The van der Waals surface area contributed by atoms with Gasteiger partial charge in [0.25, 0.3) is 0 Å². The van der Waals surface area contributed by atoms with Crippen molar-refractivity contribution in [1.29, 1.82) is 0 Å². The molecule has 0 saturated carbocycles. The van der Waals surface area contributed by atoms with Crippen LogP contribution in [0.25, 0.3) is 0 Å². The first-order chi connectivity index (χ1) is 7.31. The van der Waals surface area contributed by atoms with Gasteiger partial charge in [-0.2, -0.15) is 11.8 Å². The van der Waals surface area contributed by atoms with Crippen molar-refractivity contribution in [2.45, 2.75) is 12.5 Å². The summed E-state index contributed by atoms with van der Waals surface area (Å²) in [6.07, 6.45) is 1.25. The molecule has 1 aromatic carbocycles. The first kappa shape index (κ1) is 10.8. The van der Waals surface area contributed by atoms with Gasteiger partial charge in [0, 0.05) is 6.04 Å². The van der Waals surface area contributed by atoms with Crippen molar-refractivity contribution in [3.63, 3.8) is 0 Å². The van der Waals surface area contributed by atoms with E-state index in [1.54, 1.807) is 7.11 Å². The third-order valence-corrected chi connectivity index (χ3v) is 4.16. The fourth-order valence-electron chi connectivity index (χ4n) is 1.93. The number of rotatable bonds is 3. The molecule has 1 heterocycles. The Labute approximate surface area is 95.2 Å². The lowest BCUT2D eigenvalue weighted by atomic mass is 9.93. The molecule has 2 nitrogen and oxygen atoms in total. The van der Waals surface area contributed by atoms with E-state index in [0.717, 1.165) is 5.75 Å². The Morgan fingerprint density at radius 1 is 1.40 bits per heavy atom. The lowest BCUT2D eigenvalue weighted by molar-refractivity contribution is 0.414.